The van der Waals surface area contributed by atoms with Crippen LogP contribution in [0.1, 0.15) is 12.7 Å². The molecule has 3 aromatic rings. The van der Waals surface area contributed by atoms with Crippen LogP contribution in [0.15, 0.2) is 41.0 Å². The van der Waals surface area contributed by atoms with Gasteiger partial charge in [0.2, 0.25) is 0 Å². The molecule has 2 heterocycles. The largest absolute Gasteiger partial charge is 0.497 e. The van der Waals surface area contributed by atoms with Gasteiger partial charge in [0.15, 0.2) is 5.82 Å². The number of benzene rings is 1. The van der Waals surface area contributed by atoms with Crippen LogP contribution in [0.4, 0.5) is 5.82 Å². The van der Waals surface area contributed by atoms with Gasteiger partial charge in [0.25, 0.3) is 0 Å². The molecule has 0 amide bonds. The molecule has 0 aliphatic rings. The van der Waals surface area contributed by atoms with Crippen molar-refractivity contribution in [3.8, 4) is 28.1 Å². The number of methoxy groups -OCH3 is 1. The van der Waals surface area contributed by atoms with Crippen molar-refractivity contribution >= 4 is 5.82 Å². The van der Waals surface area contributed by atoms with Crippen LogP contribution in [0.2, 0.25) is 0 Å². The Balaban J connectivity index is 2.12. The molecule has 0 radical (unpaired) electrons. The van der Waals surface area contributed by atoms with E-state index in [0.717, 1.165) is 40.3 Å². The van der Waals surface area contributed by atoms with Crippen LogP contribution in [0, 0.1) is 0 Å². The molecular formula is C16H17N3O2. The molecule has 0 aliphatic carbocycles. The Kier molecular flexibility index (Phi) is 3.39. The van der Waals surface area contributed by atoms with Gasteiger partial charge in [-0.1, -0.05) is 19.1 Å². The number of hydrogen-bond acceptors (Lipinski definition) is 4. The van der Waals surface area contributed by atoms with Crippen molar-refractivity contribution in [1.29, 1.82) is 0 Å². The van der Waals surface area contributed by atoms with Gasteiger partial charge in [-0.15, -0.1) is 0 Å². The summed E-state index contributed by atoms with van der Waals surface area (Å²) in [5.41, 5.74) is 9.78. The number of furan rings is 1. The summed E-state index contributed by atoms with van der Waals surface area (Å²) in [6, 6.07) is 9.67. The van der Waals surface area contributed by atoms with Gasteiger partial charge in [0.1, 0.15) is 11.5 Å². The Bertz CT molecular complexity index is 741. The number of hydrogen-bond donors (Lipinski definition) is 2. The number of H-pyrrole nitrogens is 1. The lowest BCUT2D eigenvalue weighted by Crippen LogP contribution is -1.90. The molecule has 0 bridgehead atoms. The van der Waals surface area contributed by atoms with Gasteiger partial charge in [0.05, 0.1) is 24.6 Å². The van der Waals surface area contributed by atoms with Crippen molar-refractivity contribution in [2.45, 2.75) is 13.3 Å². The van der Waals surface area contributed by atoms with Crippen LogP contribution in [0.3, 0.4) is 0 Å². The van der Waals surface area contributed by atoms with Crippen molar-refractivity contribution in [3.05, 3.63) is 42.4 Å². The third-order valence-electron chi connectivity index (χ3n) is 3.51. The Hall–Kier alpha value is -2.69. The van der Waals surface area contributed by atoms with Gasteiger partial charge in [0, 0.05) is 12.0 Å². The number of nitrogen functional groups attached to an aromatic ring is 1. The van der Waals surface area contributed by atoms with Crippen molar-refractivity contribution in [2.24, 2.45) is 0 Å². The fourth-order valence-electron chi connectivity index (χ4n) is 2.44. The number of nitrogens with zero attached hydrogens (tertiary/aromatic N) is 1. The lowest BCUT2D eigenvalue weighted by molar-refractivity contribution is 0.415. The first-order chi connectivity index (χ1) is 10.2. The highest BCUT2D eigenvalue weighted by atomic mass is 16.5. The van der Waals surface area contributed by atoms with Crippen LogP contribution >= 0.6 is 0 Å². The van der Waals surface area contributed by atoms with Crippen molar-refractivity contribution in [3.63, 3.8) is 0 Å². The molecule has 0 unspecified atom stereocenters. The average Bonchev–Trinajstić information content (AvgIpc) is 3.13. The van der Waals surface area contributed by atoms with E-state index in [4.69, 9.17) is 14.9 Å². The first kappa shape index (κ1) is 13.3. The van der Waals surface area contributed by atoms with E-state index in [2.05, 4.69) is 17.1 Å². The van der Waals surface area contributed by atoms with E-state index in [-0.39, 0.29) is 0 Å². The lowest BCUT2D eigenvalue weighted by Gasteiger charge is -2.06. The number of ether oxygens (including phenoxy) is 1. The van der Waals surface area contributed by atoms with Crippen molar-refractivity contribution < 1.29 is 9.15 Å². The number of rotatable bonds is 4. The number of nitrogens with one attached hydrogen (secondary N) is 1. The molecule has 108 valence electrons. The summed E-state index contributed by atoms with van der Waals surface area (Å²) in [4.78, 5) is 0. The van der Waals surface area contributed by atoms with Gasteiger partial charge in [-0.2, -0.15) is 5.10 Å². The molecule has 2 aromatic heterocycles. The predicted molar refractivity (Wildman–Crippen MR) is 82.1 cm³/mol. The molecule has 5 heteroatoms. The Morgan fingerprint density at radius 1 is 1.24 bits per heavy atom. The fraction of sp³-hybridized carbons (Fsp3) is 0.188. The highest BCUT2D eigenvalue weighted by Gasteiger charge is 2.18. The Morgan fingerprint density at radius 3 is 2.67 bits per heavy atom. The van der Waals surface area contributed by atoms with Crippen LogP contribution in [-0.2, 0) is 6.42 Å². The molecule has 5 nitrogen and oxygen atoms in total. The second kappa shape index (κ2) is 5.36. The zero-order valence-corrected chi connectivity index (χ0v) is 12.0. The van der Waals surface area contributed by atoms with Crippen molar-refractivity contribution in [2.75, 3.05) is 12.8 Å². The average molecular weight is 283 g/mol. The number of aromatic amines is 1. The Morgan fingerprint density at radius 2 is 2.00 bits per heavy atom. The molecule has 21 heavy (non-hydrogen) atoms. The third-order valence-corrected chi connectivity index (χ3v) is 3.51. The smallest absolute Gasteiger partial charge is 0.153 e. The van der Waals surface area contributed by atoms with Gasteiger partial charge in [-0.05, 0) is 23.8 Å². The van der Waals surface area contributed by atoms with E-state index >= 15 is 0 Å². The fourth-order valence-corrected chi connectivity index (χ4v) is 2.44. The summed E-state index contributed by atoms with van der Waals surface area (Å²) in [5, 5.41) is 7.16. The van der Waals surface area contributed by atoms with Crippen LogP contribution < -0.4 is 10.5 Å². The first-order valence-corrected chi connectivity index (χ1v) is 6.79. The standard InChI is InChI=1S/C16H17N3O2/c1-3-13-12(8-9-21-13)15-14(16(17)19-18-15)10-4-6-11(20-2)7-5-10/h4-9H,3H2,1-2H3,(H3,17,18,19). The van der Waals surface area contributed by atoms with E-state index in [1.807, 2.05) is 30.3 Å². The van der Waals surface area contributed by atoms with Crippen LogP contribution in [0.25, 0.3) is 22.4 Å². The van der Waals surface area contributed by atoms with Gasteiger partial charge < -0.3 is 14.9 Å². The maximum absolute atomic E-state index is 6.04. The van der Waals surface area contributed by atoms with E-state index in [1.165, 1.54) is 0 Å². The minimum Gasteiger partial charge on any atom is -0.497 e. The highest BCUT2D eigenvalue weighted by Crippen LogP contribution is 2.37. The summed E-state index contributed by atoms with van der Waals surface area (Å²) in [7, 11) is 1.64. The first-order valence-electron chi connectivity index (χ1n) is 6.79. The minimum absolute atomic E-state index is 0.471. The SMILES string of the molecule is CCc1occc1-c1[nH]nc(N)c1-c1ccc(OC)cc1. The molecule has 0 aliphatic heterocycles. The summed E-state index contributed by atoms with van der Waals surface area (Å²) >= 11 is 0. The molecule has 0 saturated heterocycles. The summed E-state index contributed by atoms with van der Waals surface area (Å²) in [6.45, 7) is 2.05. The molecule has 0 atom stereocenters. The van der Waals surface area contributed by atoms with Crippen LogP contribution in [0.5, 0.6) is 5.75 Å². The van der Waals surface area contributed by atoms with E-state index in [0.29, 0.717) is 5.82 Å². The monoisotopic (exact) mass is 283 g/mol. The quantitative estimate of drug-likeness (QED) is 0.768. The summed E-state index contributed by atoms with van der Waals surface area (Å²) < 4.78 is 10.7. The molecule has 1 aromatic carbocycles. The Labute approximate surface area is 122 Å². The zero-order valence-electron chi connectivity index (χ0n) is 12.0. The molecule has 0 saturated carbocycles. The number of aromatic nitrogens is 2. The normalized spacial score (nSPS) is 10.8. The van der Waals surface area contributed by atoms with Crippen molar-refractivity contribution in [1.82, 2.24) is 10.2 Å². The van der Waals surface area contributed by atoms with E-state index in [1.54, 1.807) is 13.4 Å². The van der Waals surface area contributed by atoms with Gasteiger partial charge in [-0.3, -0.25) is 5.10 Å². The second-order valence-corrected chi connectivity index (χ2v) is 4.70. The minimum atomic E-state index is 0.471. The molecule has 0 fully saturated rings. The van der Waals surface area contributed by atoms with Gasteiger partial charge in [-0.25, -0.2) is 0 Å². The van der Waals surface area contributed by atoms with Crippen LogP contribution in [-0.4, -0.2) is 17.3 Å². The van der Waals surface area contributed by atoms with Gasteiger partial charge >= 0.3 is 0 Å². The molecule has 3 N–H and O–H groups in total. The molecule has 0 spiro atoms. The van der Waals surface area contributed by atoms with E-state index in [9.17, 15) is 0 Å². The second-order valence-electron chi connectivity index (χ2n) is 4.70. The maximum Gasteiger partial charge on any atom is 0.153 e. The third kappa shape index (κ3) is 2.27. The zero-order chi connectivity index (χ0) is 14.8. The number of aryl methyl sites for hydroxylation is 1. The topological polar surface area (TPSA) is 77.1 Å². The predicted octanol–water partition coefficient (Wildman–Crippen LogP) is 3.49. The van der Waals surface area contributed by atoms with E-state index < -0.39 is 0 Å². The molecule has 3 rings (SSSR count). The lowest BCUT2D eigenvalue weighted by atomic mass is 10.0. The highest BCUT2D eigenvalue weighted by molar-refractivity contribution is 5.88. The molecular weight excluding hydrogens is 266 g/mol. The number of nitrogens with two attached hydrogens (primary N) is 1. The maximum atomic E-state index is 6.04. The number of anilines is 1. The summed E-state index contributed by atoms with van der Waals surface area (Å²) in [6.07, 6.45) is 2.49. The summed E-state index contributed by atoms with van der Waals surface area (Å²) in [5.74, 6) is 2.19.